The number of ether oxygens (including phenoxy) is 2. The Morgan fingerprint density at radius 2 is 1.72 bits per heavy atom. The summed E-state index contributed by atoms with van der Waals surface area (Å²) < 4.78 is 9.90. The summed E-state index contributed by atoms with van der Waals surface area (Å²) in [6, 6.07) is 9.10. The lowest BCUT2D eigenvalue weighted by atomic mass is 10.1. The minimum atomic E-state index is -0.726. The van der Waals surface area contributed by atoms with Crippen molar-refractivity contribution in [1.82, 2.24) is 10.3 Å². The fraction of sp³-hybridized carbons (Fsp3) is 0.333. The molecule has 0 aliphatic rings. The molecule has 0 saturated heterocycles. The molecule has 0 unspecified atom stereocenters. The molecule has 2 N–H and O–H groups in total. The highest BCUT2D eigenvalue weighted by molar-refractivity contribution is 6.03. The molecule has 8 heteroatoms. The largest absolute Gasteiger partial charge is 0.461 e. The third kappa shape index (κ3) is 6.03. The highest BCUT2D eigenvalue weighted by Crippen LogP contribution is 2.19. The molecule has 154 valence electrons. The number of H-pyrrole nitrogens is 1. The summed E-state index contributed by atoms with van der Waals surface area (Å²) in [6.07, 6.45) is 0.144. The number of benzene rings is 1. The molecule has 0 radical (unpaired) electrons. The third-order valence-corrected chi connectivity index (χ3v) is 4.20. The van der Waals surface area contributed by atoms with E-state index in [1.165, 1.54) is 0 Å². The van der Waals surface area contributed by atoms with E-state index in [1.54, 1.807) is 20.8 Å². The number of hydrogen-bond donors (Lipinski definition) is 2. The van der Waals surface area contributed by atoms with E-state index in [2.05, 4.69) is 10.3 Å². The van der Waals surface area contributed by atoms with E-state index < -0.39 is 24.3 Å². The second-order valence-corrected chi connectivity index (χ2v) is 6.37. The molecule has 29 heavy (non-hydrogen) atoms. The fourth-order valence-electron chi connectivity index (χ4n) is 2.86. The quantitative estimate of drug-likeness (QED) is 0.491. The molecule has 0 bridgehead atoms. The van der Waals surface area contributed by atoms with Crippen LogP contribution in [0.5, 0.6) is 0 Å². The average Bonchev–Trinajstić information content (AvgIpc) is 2.99. The van der Waals surface area contributed by atoms with Crippen molar-refractivity contribution in [2.45, 2.75) is 27.2 Å². The predicted octanol–water partition coefficient (Wildman–Crippen LogP) is 1.89. The number of nitrogens with one attached hydrogen (secondary N) is 2. The van der Waals surface area contributed by atoms with Crippen molar-refractivity contribution in [3.8, 4) is 0 Å². The molecule has 0 saturated carbocycles. The van der Waals surface area contributed by atoms with Crippen molar-refractivity contribution >= 4 is 23.6 Å². The first-order valence-corrected chi connectivity index (χ1v) is 9.19. The summed E-state index contributed by atoms with van der Waals surface area (Å²) in [6.45, 7) is 4.34. The number of Topliss-reactive ketones (excluding diaryl/α,β-unsaturated/α-hetero) is 1. The van der Waals surface area contributed by atoms with Crippen molar-refractivity contribution in [2.24, 2.45) is 0 Å². The second kappa shape index (κ2) is 10.2. The summed E-state index contributed by atoms with van der Waals surface area (Å²) in [4.78, 5) is 50.9. The highest BCUT2D eigenvalue weighted by atomic mass is 16.5. The minimum absolute atomic E-state index is 0.144. The molecule has 8 nitrogen and oxygen atoms in total. The van der Waals surface area contributed by atoms with Crippen molar-refractivity contribution in [3.63, 3.8) is 0 Å². The topological polar surface area (TPSA) is 115 Å². The summed E-state index contributed by atoms with van der Waals surface area (Å²) in [7, 11) is 0. The van der Waals surface area contributed by atoms with Crippen LogP contribution in [-0.4, -0.2) is 48.4 Å². The maximum absolute atomic E-state index is 12.4. The Labute approximate surface area is 168 Å². The van der Waals surface area contributed by atoms with E-state index in [1.807, 2.05) is 30.3 Å². The first kappa shape index (κ1) is 21.9. The Balaban J connectivity index is 1.85. The lowest BCUT2D eigenvalue weighted by molar-refractivity contribution is -0.142. The number of rotatable bonds is 9. The maximum atomic E-state index is 12.4. The zero-order valence-corrected chi connectivity index (χ0v) is 16.7. The van der Waals surface area contributed by atoms with Gasteiger partial charge in [-0.25, -0.2) is 4.79 Å². The summed E-state index contributed by atoms with van der Waals surface area (Å²) in [5, 5.41) is 2.46. The van der Waals surface area contributed by atoms with Gasteiger partial charge in [0.05, 0.1) is 13.0 Å². The zero-order chi connectivity index (χ0) is 21.4. The van der Waals surface area contributed by atoms with E-state index in [0.29, 0.717) is 11.3 Å². The van der Waals surface area contributed by atoms with Gasteiger partial charge in [0.25, 0.3) is 0 Å². The normalized spacial score (nSPS) is 10.3. The van der Waals surface area contributed by atoms with Crippen LogP contribution in [0.15, 0.2) is 30.3 Å². The van der Waals surface area contributed by atoms with Crippen molar-refractivity contribution in [2.75, 3.05) is 19.8 Å². The number of carbonyl (C=O) groups is 4. The van der Waals surface area contributed by atoms with E-state index in [9.17, 15) is 19.2 Å². The molecule has 0 atom stereocenters. The first-order valence-electron chi connectivity index (χ1n) is 9.19. The Hall–Kier alpha value is -3.42. The minimum Gasteiger partial charge on any atom is -0.461 e. The molecule has 2 aromatic rings. The highest BCUT2D eigenvalue weighted by Gasteiger charge is 2.23. The molecule has 1 aromatic heterocycles. The Morgan fingerprint density at radius 3 is 2.38 bits per heavy atom. The summed E-state index contributed by atoms with van der Waals surface area (Å²) in [5.41, 5.74) is 2.24. The molecule has 1 amide bonds. The van der Waals surface area contributed by atoms with Gasteiger partial charge < -0.3 is 19.8 Å². The van der Waals surface area contributed by atoms with Crippen LogP contribution in [0.4, 0.5) is 0 Å². The van der Waals surface area contributed by atoms with Crippen LogP contribution in [-0.2, 0) is 25.5 Å². The number of aromatic amines is 1. The van der Waals surface area contributed by atoms with Crippen molar-refractivity contribution in [3.05, 3.63) is 58.4 Å². The second-order valence-electron chi connectivity index (χ2n) is 6.37. The number of hydrogen-bond acceptors (Lipinski definition) is 6. The molecule has 0 spiro atoms. The van der Waals surface area contributed by atoms with Crippen LogP contribution in [0.3, 0.4) is 0 Å². The predicted molar refractivity (Wildman–Crippen MR) is 105 cm³/mol. The van der Waals surface area contributed by atoms with Gasteiger partial charge in [0, 0.05) is 11.3 Å². The number of carbonyl (C=O) groups excluding carboxylic acids is 4. The van der Waals surface area contributed by atoms with Gasteiger partial charge in [-0.05, 0) is 31.9 Å². The fourth-order valence-corrected chi connectivity index (χ4v) is 2.86. The summed E-state index contributed by atoms with van der Waals surface area (Å²) in [5.74, 6) is -2.05. The molecular formula is C21H24N2O6. The number of aryl methyl sites for hydroxylation is 1. The maximum Gasteiger partial charge on any atom is 0.355 e. The van der Waals surface area contributed by atoms with Gasteiger partial charge in [0.2, 0.25) is 11.7 Å². The SMILES string of the molecule is CCOC(=O)c1[nH]c(C)c(C(=O)COC(=O)CNC(=O)Cc2ccccc2)c1C. The summed E-state index contributed by atoms with van der Waals surface area (Å²) >= 11 is 0. The van der Waals surface area contributed by atoms with Gasteiger partial charge in [0.1, 0.15) is 12.2 Å². The van der Waals surface area contributed by atoms with Crippen molar-refractivity contribution < 1.29 is 28.7 Å². The Bertz CT molecular complexity index is 901. The smallest absolute Gasteiger partial charge is 0.355 e. The molecule has 1 aromatic carbocycles. The van der Waals surface area contributed by atoms with Gasteiger partial charge in [-0.2, -0.15) is 0 Å². The third-order valence-electron chi connectivity index (χ3n) is 4.20. The number of aromatic nitrogens is 1. The Morgan fingerprint density at radius 1 is 1.03 bits per heavy atom. The van der Waals surface area contributed by atoms with Crippen molar-refractivity contribution in [1.29, 1.82) is 0 Å². The Kier molecular flexibility index (Phi) is 7.70. The zero-order valence-electron chi connectivity index (χ0n) is 16.7. The van der Waals surface area contributed by atoms with Crippen LogP contribution in [0.1, 0.15) is 44.6 Å². The van der Waals surface area contributed by atoms with Gasteiger partial charge >= 0.3 is 11.9 Å². The molecule has 2 rings (SSSR count). The van der Waals surface area contributed by atoms with Crippen LogP contribution < -0.4 is 5.32 Å². The van der Waals surface area contributed by atoms with E-state index in [-0.39, 0.29) is 36.7 Å². The lowest BCUT2D eigenvalue weighted by Gasteiger charge is -2.07. The van der Waals surface area contributed by atoms with Gasteiger partial charge in [-0.1, -0.05) is 30.3 Å². The number of ketones is 1. The van der Waals surface area contributed by atoms with Crippen LogP contribution in [0, 0.1) is 13.8 Å². The van der Waals surface area contributed by atoms with Crippen LogP contribution in [0.25, 0.3) is 0 Å². The lowest BCUT2D eigenvalue weighted by Crippen LogP contribution is -2.32. The van der Waals surface area contributed by atoms with Crippen LogP contribution in [0.2, 0.25) is 0 Å². The van der Waals surface area contributed by atoms with Crippen LogP contribution >= 0.6 is 0 Å². The standard InChI is InChI=1S/C21H24N2O6/c1-4-28-21(27)20-13(2)19(14(3)23-20)16(24)12-29-18(26)11-22-17(25)10-15-8-6-5-7-9-15/h5-9,23H,4,10-12H2,1-3H3,(H,22,25). The monoisotopic (exact) mass is 400 g/mol. The first-order chi connectivity index (χ1) is 13.8. The molecule has 1 heterocycles. The van der Waals surface area contributed by atoms with E-state index in [4.69, 9.17) is 9.47 Å². The van der Waals surface area contributed by atoms with Gasteiger partial charge in [0.15, 0.2) is 6.61 Å². The molecular weight excluding hydrogens is 376 g/mol. The van der Waals surface area contributed by atoms with Gasteiger partial charge in [-0.15, -0.1) is 0 Å². The molecule has 0 aliphatic carbocycles. The van der Waals surface area contributed by atoms with E-state index >= 15 is 0 Å². The molecule has 0 aliphatic heterocycles. The number of esters is 2. The molecule has 0 fully saturated rings. The van der Waals surface area contributed by atoms with Gasteiger partial charge in [-0.3, -0.25) is 14.4 Å². The number of amides is 1. The average molecular weight is 400 g/mol. The van der Waals surface area contributed by atoms with E-state index in [0.717, 1.165) is 5.56 Å².